The normalized spacial score (nSPS) is 11.7. The van der Waals surface area contributed by atoms with Gasteiger partial charge in [0.1, 0.15) is 16.9 Å². The molecule has 0 aliphatic rings. The fourth-order valence-electron chi connectivity index (χ4n) is 2.76. The lowest BCUT2D eigenvalue weighted by Crippen LogP contribution is -2.13. The van der Waals surface area contributed by atoms with E-state index in [9.17, 15) is 12.8 Å². The fourth-order valence-corrected chi connectivity index (χ4v) is 4.41. The number of nitrogens with two attached hydrogens (primary N) is 1. The minimum absolute atomic E-state index is 0.0588. The van der Waals surface area contributed by atoms with Gasteiger partial charge in [0.25, 0.3) is 10.0 Å². The number of benzene rings is 3. The van der Waals surface area contributed by atoms with E-state index in [4.69, 9.17) is 5.73 Å². The highest BCUT2D eigenvalue weighted by Gasteiger charge is 2.16. The molecule has 0 saturated carbocycles. The molecule has 0 fully saturated rings. The molecule has 0 saturated heterocycles. The Morgan fingerprint density at radius 2 is 1.72 bits per heavy atom. The average molecular weight is 476 g/mol. The Morgan fingerprint density at radius 3 is 2.38 bits per heavy atom. The molecule has 0 radical (unpaired) electrons. The standard InChI is InChI=1S/C19H15BrFN5O2S/c1-11-10-16-19(17(20)18(11)22)24-26(23-16)14-6-8-15(9-7-14)29(27,28)25-13-4-2-12(21)3-5-13/h2-10,25H,22H2,1H3. The highest BCUT2D eigenvalue weighted by Crippen LogP contribution is 2.30. The summed E-state index contributed by atoms with van der Waals surface area (Å²) in [5.74, 6) is -0.444. The Labute approximate surface area is 174 Å². The maximum Gasteiger partial charge on any atom is 0.261 e. The van der Waals surface area contributed by atoms with Crippen molar-refractivity contribution in [3.63, 3.8) is 0 Å². The van der Waals surface area contributed by atoms with Crippen LogP contribution in [0, 0.1) is 12.7 Å². The third-order valence-corrected chi connectivity index (χ3v) is 6.54. The molecule has 7 nitrogen and oxygen atoms in total. The number of nitrogen functional groups attached to an aromatic ring is 1. The van der Waals surface area contributed by atoms with Gasteiger partial charge in [0.15, 0.2) is 0 Å². The lowest BCUT2D eigenvalue weighted by Gasteiger charge is -2.08. The number of hydrogen-bond donors (Lipinski definition) is 2. The first-order chi connectivity index (χ1) is 13.7. The summed E-state index contributed by atoms with van der Waals surface area (Å²) in [7, 11) is -3.81. The minimum Gasteiger partial charge on any atom is -0.398 e. The van der Waals surface area contributed by atoms with Crippen molar-refractivity contribution in [2.24, 2.45) is 0 Å². The second-order valence-corrected chi connectivity index (χ2v) is 8.86. The number of anilines is 2. The van der Waals surface area contributed by atoms with Crippen molar-refractivity contribution < 1.29 is 12.8 Å². The average Bonchev–Trinajstić information content (AvgIpc) is 3.12. The summed E-state index contributed by atoms with van der Waals surface area (Å²) in [5, 5.41) is 8.86. The van der Waals surface area contributed by atoms with Crippen molar-refractivity contribution in [1.82, 2.24) is 15.0 Å². The SMILES string of the molecule is Cc1cc2nn(-c3ccc(S(=O)(=O)Nc4ccc(F)cc4)cc3)nc2c(Br)c1N. The van der Waals surface area contributed by atoms with Crippen molar-refractivity contribution in [2.75, 3.05) is 10.5 Å². The Hall–Kier alpha value is -2.98. The number of aromatic nitrogens is 3. The Balaban J connectivity index is 1.64. The lowest BCUT2D eigenvalue weighted by atomic mass is 10.2. The van der Waals surface area contributed by atoms with Crippen LogP contribution in [0.1, 0.15) is 5.56 Å². The second kappa shape index (κ2) is 7.12. The van der Waals surface area contributed by atoms with Gasteiger partial charge in [0.05, 0.1) is 20.7 Å². The molecule has 0 spiro atoms. The summed E-state index contributed by atoms with van der Waals surface area (Å²) < 4.78 is 41.1. The maximum atomic E-state index is 13.0. The summed E-state index contributed by atoms with van der Waals surface area (Å²) in [4.78, 5) is 1.47. The van der Waals surface area contributed by atoms with Crippen LogP contribution in [0.4, 0.5) is 15.8 Å². The van der Waals surface area contributed by atoms with Crippen molar-refractivity contribution in [2.45, 2.75) is 11.8 Å². The number of fused-ring (bicyclic) bond motifs is 1. The van der Waals surface area contributed by atoms with Crippen LogP contribution in [0.5, 0.6) is 0 Å². The summed E-state index contributed by atoms with van der Waals surface area (Å²) in [6.45, 7) is 1.88. The first-order valence-corrected chi connectivity index (χ1v) is 10.7. The number of aryl methyl sites for hydroxylation is 1. The van der Waals surface area contributed by atoms with Crippen LogP contribution in [-0.2, 0) is 10.0 Å². The largest absolute Gasteiger partial charge is 0.398 e. The fraction of sp³-hybridized carbons (Fsp3) is 0.0526. The number of hydrogen-bond acceptors (Lipinski definition) is 5. The molecule has 4 rings (SSSR count). The van der Waals surface area contributed by atoms with Gasteiger partial charge >= 0.3 is 0 Å². The highest BCUT2D eigenvalue weighted by atomic mass is 79.9. The summed E-state index contributed by atoms with van der Waals surface area (Å²) in [6.07, 6.45) is 0. The van der Waals surface area contributed by atoms with Crippen LogP contribution in [0.2, 0.25) is 0 Å². The first kappa shape index (κ1) is 19.3. The predicted octanol–water partition coefficient (Wildman–Crippen LogP) is 4.01. The topological polar surface area (TPSA) is 103 Å². The van der Waals surface area contributed by atoms with Crippen LogP contribution >= 0.6 is 15.9 Å². The molecule has 29 heavy (non-hydrogen) atoms. The van der Waals surface area contributed by atoms with Crippen LogP contribution in [0.3, 0.4) is 0 Å². The van der Waals surface area contributed by atoms with Crippen molar-refractivity contribution in [3.8, 4) is 5.69 Å². The monoisotopic (exact) mass is 475 g/mol. The number of nitrogens with zero attached hydrogens (tertiary/aromatic N) is 3. The van der Waals surface area contributed by atoms with Crippen molar-refractivity contribution in [3.05, 3.63) is 70.5 Å². The van der Waals surface area contributed by atoms with Gasteiger partial charge in [-0.2, -0.15) is 4.80 Å². The molecule has 0 unspecified atom stereocenters. The molecule has 148 valence electrons. The smallest absolute Gasteiger partial charge is 0.261 e. The van der Waals surface area contributed by atoms with Gasteiger partial charge in [-0.05, 0) is 83.0 Å². The predicted molar refractivity (Wildman–Crippen MR) is 113 cm³/mol. The number of rotatable bonds is 4. The van der Waals surface area contributed by atoms with E-state index in [1.165, 1.54) is 41.2 Å². The molecular formula is C19H15BrFN5O2S. The summed E-state index contributed by atoms with van der Waals surface area (Å²) >= 11 is 3.44. The van der Waals surface area contributed by atoms with Crippen LogP contribution in [0.15, 0.2) is 64.0 Å². The second-order valence-electron chi connectivity index (χ2n) is 6.38. The van der Waals surface area contributed by atoms with Gasteiger partial charge in [-0.15, -0.1) is 10.2 Å². The molecule has 4 aromatic rings. The summed E-state index contributed by atoms with van der Waals surface area (Å²) in [5.41, 5.74) is 9.63. The van der Waals surface area contributed by atoms with E-state index in [0.29, 0.717) is 26.9 Å². The number of halogens is 2. The van der Waals surface area contributed by atoms with E-state index in [0.717, 1.165) is 5.56 Å². The van der Waals surface area contributed by atoms with Crippen molar-refractivity contribution in [1.29, 1.82) is 0 Å². The third kappa shape index (κ3) is 3.68. The van der Waals surface area contributed by atoms with Gasteiger partial charge in [-0.25, -0.2) is 12.8 Å². The van der Waals surface area contributed by atoms with E-state index < -0.39 is 15.8 Å². The van der Waals surface area contributed by atoms with E-state index in [-0.39, 0.29) is 10.6 Å². The number of nitrogens with one attached hydrogen (secondary N) is 1. The first-order valence-electron chi connectivity index (χ1n) is 8.45. The van der Waals surface area contributed by atoms with Gasteiger partial charge in [-0.3, -0.25) is 4.72 Å². The maximum absolute atomic E-state index is 13.0. The molecular weight excluding hydrogens is 461 g/mol. The Morgan fingerprint density at radius 1 is 1.07 bits per heavy atom. The molecule has 0 aliphatic carbocycles. The minimum atomic E-state index is -3.81. The van der Waals surface area contributed by atoms with E-state index in [2.05, 4.69) is 30.8 Å². The molecule has 0 bridgehead atoms. The molecule has 0 atom stereocenters. The zero-order valence-corrected chi connectivity index (χ0v) is 17.5. The van der Waals surface area contributed by atoms with Crippen molar-refractivity contribution >= 4 is 48.4 Å². The quantitative estimate of drug-likeness (QED) is 0.434. The molecule has 1 aromatic heterocycles. The molecule has 1 heterocycles. The zero-order valence-electron chi connectivity index (χ0n) is 15.1. The Kier molecular flexibility index (Phi) is 4.75. The molecule has 3 aromatic carbocycles. The van der Waals surface area contributed by atoms with Crippen LogP contribution < -0.4 is 10.5 Å². The molecule has 0 aliphatic heterocycles. The summed E-state index contributed by atoms with van der Waals surface area (Å²) in [6, 6.07) is 13.0. The van der Waals surface area contributed by atoms with E-state index in [1.54, 1.807) is 12.1 Å². The van der Waals surface area contributed by atoms with E-state index in [1.807, 2.05) is 13.0 Å². The molecule has 10 heteroatoms. The van der Waals surface area contributed by atoms with Crippen LogP contribution in [0.25, 0.3) is 16.7 Å². The highest BCUT2D eigenvalue weighted by molar-refractivity contribution is 9.10. The Bertz CT molecular complexity index is 1320. The van der Waals surface area contributed by atoms with Gasteiger partial charge in [0, 0.05) is 5.69 Å². The van der Waals surface area contributed by atoms with Gasteiger partial charge in [-0.1, -0.05) is 0 Å². The molecule has 0 amide bonds. The third-order valence-electron chi connectivity index (χ3n) is 4.34. The van der Waals surface area contributed by atoms with E-state index >= 15 is 0 Å². The zero-order chi connectivity index (χ0) is 20.8. The van der Waals surface area contributed by atoms with Crippen LogP contribution in [-0.4, -0.2) is 23.4 Å². The number of sulfonamides is 1. The van der Waals surface area contributed by atoms with Gasteiger partial charge < -0.3 is 5.73 Å². The lowest BCUT2D eigenvalue weighted by molar-refractivity contribution is 0.601. The molecule has 3 N–H and O–H groups in total. The van der Waals surface area contributed by atoms with Gasteiger partial charge in [0.2, 0.25) is 0 Å².